The third-order valence-electron chi connectivity index (χ3n) is 3.45. The van der Waals surface area contributed by atoms with Crippen molar-refractivity contribution in [2.24, 2.45) is 0 Å². The number of halogens is 1. The maximum absolute atomic E-state index is 10.7. The summed E-state index contributed by atoms with van der Waals surface area (Å²) in [6.07, 6.45) is 0.810. The van der Waals surface area contributed by atoms with Crippen LogP contribution in [0, 0.1) is 10.1 Å². The number of non-ortho nitro benzene ring substituents is 1. The van der Waals surface area contributed by atoms with Crippen molar-refractivity contribution >= 4 is 23.0 Å². The Hall–Kier alpha value is -2.27. The highest BCUT2D eigenvalue weighted by atomic mass is 35.5. The van der Waals surface area contributed by atoms with Gasteiger partial charge < -0.3 is 10.1 Å². The molecule has 1 heterocycles. The van der Waals surface area contributed by atoms with Crippen LogP contribution in [0.15, 0.2) is 42.5 Å². The van der Waals surface area contributed by atoms with E-state index in [2.05, 4.69) is 5.32 Å². The van der Waals surface area contributed by atoms with Gasteiger partial charge in [-0.05, 0) is 12.1 Å². The van der Waals surface area contributed by atoms with E-state index >= 15 is 0 Å². The van der Waals surface area contributed by atoms with Gasteiger partial charge in [0.05, 0.1) is 28.3 Å². The quantitative estimate of drug-likeness (QED) is 0.682. The molecule has 3 rings (SSSR count). The molecular weight excluding hydrogens is 292 g/mol. The van der Waals surface area contributed by atoms with Gasteiger partial charge in [0.15, 0.2) is 0 Å². The topological polar surface area (TPSA) is 64.4 Å². The number of nitrogens with zero attached hydrogens (tertiary/aromatic N) is 1. The molecule has 1 atom stereocenters. The average molecular weight is 305 g/mol. The Balaban J connectivity index is 1.86. The first-order chi connectivity index (χ1) is 10.1. The zero-order chi connectivity index (χ0) is 14.8. The van der Waals surface area contributed by atoms with Gasteiger partial charge in [-0.3, -0.25) is 10.1 Å². The normalized spacial score (nSPS) is 16.7. The van der Waals surface area contributed by atoms with Gasteiger partial charge in [0.2, 0.25) is 0 Å². The molecule has 0 fully saturated rings. The number of nitro groups is 1. The fraction of sp³-hybridized carbons (Fsp3) is 0.200. The summed E-state index contributed by atoms with van der Waals surface area (Å²) in [6, 6.07) is 12.3. The van der Waals surface area contributed by atoms with E-state index in [-0.39, 0.29) is 11.7 Å². The summed E-state index contributed by atoms with van der Waals surface area (Å²) in [5.41, 5.74) is 1.74. The van der Waals surface area contributed by atoms with Crippen LogP contribution in [0.4, 0.5) is 11.4 Å². The maximum Gasteiger partial charge on any atom is 0.271 e. The van der Waals surface area contributed by atoms with Gasteiger partial charge >= 0.3 is 0 Å². The van der Waals surface area contributed by atoms with Crippen molar-refractivity contribution in [2.75, 3.05) is 11.9 Å². The van der Waals surface area contributed by atoms with Crippen molar-refractivity contribution in [2.45, 2.75) is 12.5 Å². The van der Waals surface area contributed by atoms with Crippen molar-refractivity contribution in [3.8, 4) is 5.75 Å². The molecule has 1 N–H and O–H groups in total. The van der Waals surface area contributed by atoms with E-state index in [9.17, 15) is 10.1 Å². The molecule has 0 saturated carbocycles. The summed E-state index contributed by atoms with van der Waals surface area (Å²) in [7, 11) is 0. The predicted octanol–water partition coefficient (Wildman–Crippen LogP) is 4.18. The highest BCUT2D eigenvalue weighted by Gasteiger charge is 2.22. The number of hydrogen-bond acceptors (Lipinski definition) is 4. The van der Waals surface area contributed by atoms with Gasteiger partial charge in [0.1, 0.15) is 5.75 Å². The van der Waals surface area contributed by atoms with E-state index in [4.69, 9.17) is 16.3 Å². The van der Waals surface area contributed by atoms with Crippen LogP contribution in [0.3, 0.4) is 0 Å². The van der Waals surface area contributed by atoms with E-state index in [0.29, 0.717) is 17.3 Å². The van der Waals surface area contributed by atoms with Crippen molar-refractivity contribution in [3.05, 3.63) is 63.2 Å². The van der Waals surface area contributed by atoms with Crippen LogP contribution in [0.5, 0.6) is 5.75 Å². The lowest BCUT2D eigenvalue weighted by Crippen LogP contribution is -2.20. The molecule has 1 aliphatic heterocycles. The summed E-state index contributed by atoms with van der Waals surface area (Å²) < 4.78 is 5.61. The minimum atomic E-state index is -0.459. The van der Waals surface area contributed by atoms with E-state index in [1.54, 1.807) is 6.07 Å². The van der Waals surface area contributed by atoms with Crippen molar-refractivity contribution in [3.63, 3.8) is 0 Å². The molecule has 2 aromatic rings. The van der Waals surface area contributed by atoms with Crippen LogP contribution in [-0.4, -0.2) is 11.5 Å². The molecule has 1 aliphatic rings. The first-order valence-electron chi connectivity index (χ1n) is 6.57. The van der Waals surface area contributed by atoms with Gasteiger partial charge in [-0.25, -0.2) is 0 Å². The monoisotopic (exact) mass is 304 g/mol. The second-order valence-corrected chi connectivity index (χ2v) is 5.20. The molecule has 0 spiro atoms. The van der Waals surface area contributed by atoms with E-state index < -0.39 is 4.92 Å². The number of ether oxygens (including phenoxy) is 1. The summed E-state index contributed by atoms with van der Waals surface area (Å²) in [6.45, 7) is 0.624. The molecule has 0 bridgehead atoms. The predicted molar refractivity (Wildman–Crippen MR) is 81.0 cm³/mol. The van der Waals surface area contributed by atoms with Gasteiger partial charge in [-0.2, -0.15) is 0 Å². The molecule has 0 amide bonds. The van der Waals surface area contributed by atoms with Crippen molar-refractivity contribution in [1.82, 2.24) is 0 Å². The Bertz CT molecular complexity index is 690. The zero-order valence-corrected chi connectivity index (χ0v) is 11.8. The highest BCUT2D eigenvalue weighted by molar-refractivity contribution is 6.33. The first-order valence-corrected chi connectivity index (χ1v) is 6.95. The summed E-state index contributed by atoms with van der Waals surface area (Å²) in [5.74, 6) is 0.860. The number of benzene rings is 2. The standard InChI is InChI=1S/C15H13ClN2O3/c16-12-9-10(18(19)20)5-6-14(12)17-13-7-8-21-15-4-2-1-3-11(13)15/h1-6,9,13,17H,7-8H2. The number of nitrogens with one attached hydrogen (secondary N) is 1. The highest BCUT2D eigenvalue weighted by Crippen LogP contribution is 2.36. The molecule has 0 saturated heterocycles. The van der Waals surface area contributed by atoms with Gasteiger partial charge in [0, 0.05) is 24.1 Å². The number of para-hydroxylation sites is 1. The third-order valence-corrected chi connectivity index (χ3v) is 3.76. The van der Waals surface area contributed by atoms with Crippen LogP contribution in [0.1, 0.15) is 18.0 Å². The van der Waals surface area contributed by atoms with E-state index in [0.717, 1.165) is 17.7 Å². The Labute approximate surface area is 126 Å². The van der Waals surface area contributed by atoms with E-state index in [1.165, 1.54) is 12.1 Å². The minimum Gasteiger partial charge on any atom is -0.493 e. The third kappa shape index (κ3) is 2.78. The molecule has 0 aliphatic carbocycles. The van der Waals surface area contributed by atoms with Gasteiger partial charge in [-0.1, -0.05) is 29.8 Å². The number of fused-ring (bicyclic) bond motifs is 1. The Kier molecular flexibility index (Phi) is 3.66. The van der Waals surface area contributed by atoms with Crippen LogP contribution in [-0.2, 0) is 0 Å². The number of anilines is 1. The summed E-state index contributed by atoms with van der Waals surface area (Å²) in [4.78, 5) is 10.3. The molecule has 0 radical (unpaired) electrons. The number of hydrogen-bond donors (Lipinski definition) is 1. The molecule has 108 valence electrons. The maximum atomic E-state index is 10.7. The van der Waals surface area contributed by atoms with Crippen molar-refractivity contribution < 1.29 is 9.66 Å². The lowest BCUT2D eigenvalue weighted by Gasteiger charge is -2.27. The first kappa shape index (κ1) is 13.7. The van der Waals surface area contributed by atoms with Crippen LogP contribution in [0.2, 0.25) is 5.02 Å². The van der Waals surface area contributed by atoms with E-state index in [1.807, 2.05) is 24.3 Å². The molecule has 1 unspecified atom stereocenters. The largest absolute Gasteiger partial charge is 0.493 e. The molecular formula is C15H13ClN2O3. The van der Waals surface area contributed by atoms with Crippen LogP contribution < -0.4 is 10.1 Å². The summed E-state index contributed by atoms with van der Waals surface area (Å²) in [5, 5.41) is 14.4. The lowest BCUT2D eigenvalue weighted by molar-refractivity contribution is -0.384. The zero-order valence-electron chi connectivity index (χ0n) is 11.1. The van der Waals surface area contributed by atoms with Gasteiger partial charge in [0.25, 0.3) is 5.69 Å². The molecule has 6 heteroatoms. The Morgan fingerprint density at radius 3 is 2.86 bits per heavy atom. The molecule has 5 nitrogen and oxygen atoms in total. The second kappa shape index (κ2) is 5.61. The average Bonchev–Trinajstić information content (AvgIpc) is 2.49. The fourth-order valence-corrected chi connectivity index (χ4v) is 2.64. The lowest BCUT2D eigenvalue weighted by atomic mass is 10.0. The van der Waals surface area contributed by atoms with Crippen LogP contribution >= 0.6 is 11.6 Å². The summed E-state index contributed by atoms with van der Waals surface area (Å²) >= 11 is 6.12. The smallest absolute Gasteiger partial charge is 0.271 e. The number of rotatable bonds is 3. The Morgan fingerprint density at radius 1 is 1.29 bits per heavy atom. The molecule has 21 heavy (non-hydrogen) atoms. The fourth-order valence-electron chi connectivity index (χ4n) is 2.41. The minimum absolute atomic E-state index is 0.0158. The van der Waals surface area contributed by atoms with Crippen molar-refractivity contribution in [1.29, 1.82) is 0 Å². The Morgan fingerprint density at radius 2 is 2.10 bits per heavy atom. The molecule has 2 aromatic carbocycles. The molecule has 0 aromatic heterocycles. The van der Waals surface area contributed by atoms with Crippen LogP contribution in [0.25, 0.3) is 0 Å². The second-order valence-electron chi connectivity index (χ2n) is 4.79. The number of nitro benzene ring substituents is 1. The SMILES string of the molecule is O=[N+]([O-])c1ccc(NC2CCOc3ccccc32)c(Cl)c1. The van der Waals surface area contributed by atoms with Gasteiger partial charge in [-0.15, -0.1) is 0 Å².